The van der Waals surface area contributed by atoms with Crippen molar-refractivity contribution in [3.8, 4) is 0 Å². The molecule has 3 aliphatic heterocycles. The van der Waals surface area contributed by atoms with Gasteiger partial charge in [0.25, 0.3) is 0 Å². The van der Waals surface area contributed by atoms with Gasteiger partial charge in [-0.15, -0.1) is 6.58 Å². The monoisotopic (exact) mass is 902 g/mol. The van der Waals surface area contributed by atoms with Crippen molar-refractivity contribution in [2.24, 2.45) is 0 Å². The highest BCUT2D eigenvalue weighted by Crippen LogP contribution is 2.45. The Morgan fingerprint density at radius 3 is 1.79 bits per heavy atom. The summed E-state index contributed by atoms with van der Waals surface area (Å²) >= 11 is 0. The summed E-state index contributed by atoms with van der Waals surface area (Å²) in [6, 6.07) is 19.8. The molecular weight excluding hydrogens is 825 g/mol. The molecule has 3 saturated heterocycles. The van der Waals surface area contributed by atoms with E-state index in [0.29, 0.717) is 0 Å². The summed E-state index contributed by atoms with van der Waals surface area (Å²) < 4.78 is 68.9. The summed E-state index contributed by atoms with van der Waals surface area (Å²) in [5.41, 5.74) is 1.86. The van der Waals surface area contributed by atoms with Crippen molar-refractivity contribution in [3.63, 3.8) is 0 Å². The van der Waals surface area contributed by atoms with Crippen molar-refractivity contribution in [2.75, 3.05) is 19.8 Å². The minimum atomic E-state index is -2.58. The predicted molar refractivity (Wildman–Crippen MR) is 247 cm³/mol. The van der Waals surface area contributed by atoms with Gasteiger partial charge in [0.05, 0.1) is 26.4 Å². The van der Waals surface area contributed by atoms with Gasteiger partial charge in [0.15, 0.2) is 43.8 Å². The van der Waals surface area contributed by atoms with Gasteiger partial charge in [-0.05, 0) is 60.0 Å². The van der Waals surface area contributed by atoms with Crippen molar-refractivity contribution >= 4 is 25.0 Å². The third kappa shape index (κ3) is 12.2. The summed E-state index contributed by atoms with van der Waals surface area (Å²) in [5, 5.41) is 12.0. The van der Waals surface area contributed by atoms with E-state index >= 15 is 0 Å². The van der Waals surface area contributed by atoms with E-state index < -0.39 is 92.7 Å². The van der Waals surface area contributed by atoms with Crippen LogP contribution in [0.15, 0.2) is 73.3 Å². The molecule has 3 aliphatic rings. The number of aliphatic hydroxyl groups excluding tert-OH is 1. The van der Waals surface area contributed by atoms with Crippen LogP contribution in [0.25, 0.3) is 0 Å². The van der Waals surface area contributed by atoms with Crippen LogP contribution in [-0.2, 0) is 53.0 Å². The van der Waals surface area contributed by atoms with Crippen LogP contribution >= 0.6 is 0 Å². The van der Waals surface area contributed by atoms with Gasteiger partial charge in [-0.1, -0.05) is 129 Å². The molecule has 11 nitrogen and oxygen atoms in total. The van der Waals surface area contributed by atoms with Crippen LogP contribution < -0.4 is 0 Å². The smallest absolute Gasteiger partial charge is 0.192 e. The van der Waals surface area contributed by atoms with Gasteiger partial charge in [-0.25, -0.2) is 0 Å². The van der Waals surface area contributed by atoms with Gasteiger partial charge in [0.1, 0.15) is 48.8 Å². The van der Waals surface area contributed by atoms with Crippen molar-refractivity contribution in [1.82, 2.24) is 0 Å². The van der Waals surface area contributed by atoms with Crippen molar-refractivity contribution in [2.45, 2.75) is 191 Å². The second-order valence-electron chi connectivity index (χ2n) is 21.5. The van der Waals surface area contributed by atoms with E-state index in [0.717, 1.165) is 11.1 Å². The number of hydrogen-bond acceptors (Lipinski definition) is 11. The Morgan fingerprint density at radius 1 is 0.672 bits per heavy atom. The zero-order valence-corrected chi connectivity index (χ0v) is 42.8. The highest BCUT2D eigenvalue weighted by molar-refractivity contribution is 6.75. The van der Waals surface area contributed by atoms with E-state index in [1.807, 2.05) is 60.7 Å². The first-order chi connectivity index (χ1) is 28.3. The van der Waals surface area contributed by atoms with Crippen LogP contribution in [0.1, 0.15) is 79.7 Å². The number of hydrogen-bond donors (Lipinski definition) is 1. The Morgan fingerprint density at radius 2 is 1.23 bits per heavy atom. The quantitative estimate of drug-likeness (QED) is 0.128. The summed E-state index contributed by atoms with van der Waals surface area (Å²) in [4.78, 5) is 0. The molecule has 0 radical (unpaired) electrons. The molecule has 344 valence electrons. The van der Waals surface area contributed by atoms with Gasteiger partial charge in [0.2, 0.25) is 0 Å². The molecule has 3 fully saturated rings. The number of benzene rings is 2. The van der Waals surface area contributed by atoms with Gasteiger partial charge >= 0.3 is 0 Å². The Bertz CT molecular complexity index is 1670. The number of ether oxygens (including phenoxy) is 7. The standard InChI is InChI=1S/C47H78O11Si3/c1-17-28-49-40-38-34(30-51-42(55-38)33-26-22-19-23-27-33)54-44(41(40)58-61(15,16)47(8,9)10)56-37-35(31-52-59(11,12)45(2,3)4)53-43(50-29-32-24-20-18-21-25-32)36(48)39(37)57-60(13,14)46(5,6)7/h17-27,34-44,48H,1,28-31H2,2-16H3/t34-,35-,36-,37-,38+,39-,40+,41-,42?,43-,44+/m1/s1. The maximum Gasteiger partial charge on any atom is 0.192 e. The average molecular weight is 903 g/mol. The topological polar surface area (TPSA) is 113 Å². The molecule has 0 saturated carbocycles. The number of aliphatic hydroxyl groups is 1. The fourth-order valence-electron chi connectivity index (χ4n) is 6.84. The molecule has 2 aromatic carbocycles. The highest BCUT2D eigenvalue weighted by Gasteiger charge is 2.58. The number of rotatable bonds is 16. The van der Waals surface area contributed by atoms with Gasteiger partial charge in [0, 0.05) is 5.56 Å². The molecule has 2 aromatic rings. The minimum absolute atomic E-state index is 0.0737. The Hall–Kier alpha value is -1.61. The molecule has 14 heteroatoms. The molecule has 5 rings (SSSR count). The Kier molecular flexibility index (Phi) is 16.4. The zero-order chi connectivity index (χ0) is 45.2. The Balaban J connectivity index is 1.60. The van der Waals surface area contributed by atoms with Gasteiger partial charge in [-0.2, -0.15) is 0 Å². The van der Waals surface area contributed by atoms with Crippen LogP contribution in [0, 0.1) is 0 Å². The third-order valence-corrected chi connectivity index (χ3v) is 27.3. The second kappa shape index (κ2) is 19.9. The molecule has 0 aliphatic carbocycles. The lowest BCUT2D eigenvalue weighted by atomic mass is 9.96. The number of fused-ring (bicyclic) bond motifs is 1. The maximum atomic E-state index is 12.5. The van der Waals surface area contributed by atoms with E-state index in [1.165, 1.54) is 0 Å². The van der Waals surface area contributed by atoms with Crippen molar-refractivity contribution < 1.29 is 51.5 Å². The molecular formula is C47H78O11Si3. The van der Waals surface area contributed by atoms with Gasteiger partial charge < -0.3 is 51.5 Å². The first kappa shape index (κ1) is 50.4. The van der Waals surface area contributed by atoms with Crippen LogP contribution in [-0.4, -0.2) is 111 Å². The van der Waals surface area contributed by atoms with Crippen LogP contribution in [0.4, 0.5) is 0 Å². The molecule has 11 atom stereocenters. The molecule has 61 heavy (non-hydrogen) atoms. The SMILES string of the molecule is C=CCO[C@H]1[C@H]2OC(c3ccccc3)OC[C@H]2O[C@@H](O[C@H]2[C@H](O[Si](C)(C)C(C)(C)C)[C@@H](O)[C@H](OCc3ccccc3)O[C@@H]2CO[Si](C)(C)C(C)(C)C)[C@@H]1O[Si](C)(C)C(C)(C)C. The lowest BCUT2D eigenvalue weighted by Crippen LogP contribution is -2.69. The molecule has 1 unspecified atom stereocenters. The van der Waals surface area contributed by atoms with Crippen LogP contribution in [0.2, 0.25) is 54.4 Å². The van der Waals surface area contributed by atoms with Crippen molar-refractivity contribution in [1.29, 1.82) is 0 Å². The first-order valence-corrected chi connectivity index (χ1v) is 30.8. The van der Waals surface area contributed by atoms with E-state index in [-0.39, 0.29) is 41.5 Å². The summed E-state index contributed by atoms with van der Waals surface area (Å²) in [7, 11) is -7.44. The second-order valence-corrected chi connectivity index (χ2v) is 35.8. The molecule has 0 aromatic heterocycles. The predicted octanol–water partition coefficient (Wildman–Crippen LogP) is 9.89. The normalized spacial score (nSPS) is 30.8. The summed E-state index contributed by atoms with van der Waals surface area (Å²) in [6.07, 6.45) is -7.15. The van der Waals surface area contributed by atoms with Gasteiger partial charge in [-0.3, -0.25) is 0 Å². The van der Waals surface area contributed by atoms with Crippen LogP contribution in [0.3, 0.4) is 0 Å². The molecule has 3 heterocycles. The molecule has 0 bridgehead atoms. The molecule has 0 amide bonds. The van der Waals surface area contributed by atoms with E-state index in [4.69, 9.17) is 46.4 Å². The van der Waals surface area contributed by atoms with E-state index in [1.54, 1.807) is 6.08 Å². The summed E-state index contributed by atoms with van der Waals surface area (Å²) in [5.74, 6) is 0. The van der Waals surface area contributed by atoms with Crippen molar-refractivity contribution in [3.05, 3.63) is 84.4 Å². The highest BCUT2D eigenvalue weighted by atomic mass is 28.4. The molecule has 0 spiro atoms. The minimum Gasteiger partial charge on any atom is -0.414 e. The fraction of sp³-hybridized carbons (Fsp3) is 0.702. The summed E-state index contributed by atoms with van der Waals surface area (Å²) in [6.45, 7) is 37.9. The first-order valence-electron chi connectivity index (χ1n) is 22.1. The lowest BCUT2D eigenvalue weighted by Gasteiger charge is -2.54. The Labute approximate surface area is 370 Å². The largest absolute Gasteiger partial charge is 0.414 e. The van der Waals surface area contributed by atoms with Crippen LogP contribution in [0.5, 0.6) is 0 Å². The zero-order valence-electron chi connectivity index (χ0n) is 39.8. The maximum absolute atomic E-state index is 12.5. The molecule has 1 N–H and O–H groups in total. The lowest BCUT2D eigenvalue weighted by molar-refractivity contribution is -0.385. The van der Waals surface area contributed by atoms with E-state index in [2.05, 4.69) is 108 Å². The third-order valence-electron chi connectivity index (χ3n) is 13.8. The average Bonchev–Trinajstić information content (AvgIpc) is 3.17. The fourth-order valence-corrected chi connectivity index (χ4v) is 10.4. The van der Waals surface area contributed by atoms with E-state index in [9.17, 15) is 5.11 Å².